The lowest BCUT2D eigenvalue weighted by Gasteiger charge is -2.18. The predicted octanol–water partition coefficient (Wildman–Crippen LogP) is 3.85. The molecule has 2 aromatic carbocycles. The summed E-state index contributed by atoms with van der Waals surface area (Å²) in [6.07, 6.45) is 1.47. The van der Waals surface area contributed by atoms with Crippen molar-refractivity contribution in [1.82, 2.24) is 4.98 Å². The smallest absolute Gasteiger partial charge is 0.198 e. The van der Waals surface area contributed by atoms with Crippen molar-refractivity contribution in [2.24, 2.45) is 4.99 Å². The summed E-state index contributed by atoms with van der Waals surface area (Å²) in [5.41, 5.74) is 2.65. The molecule has 0 radical (unpaired) electrons. The van der Waals surface area contributed by atoms with Crippen LogP contribution in [0.4, 0.5) is 15.8 Å². The Hall–Kier alpha value is -2.86. The van der Waals surface area contributed by atoms with Crippen LogP contribution in [0.25, 0.3) is 10.9 Å². The van der Waals surface area contributed by atoms with E-state index in [-0.39, 0.29) is 5.88 Å². The van der Waals surface area contributed by atoms with Crippen LogP contribution < -0.4 is 4.90 Å². The van der Waals surface area contributed by atoms with Crippen molar-refractivity contribution in [1.29, 1.82) is 0 Å². The number of hydrogen-bond donors (Lipinski definition) is 2. The summed E-state index contributed by atoms with van der Waals surface area (Å²) < 4.78 is 19.1. The van der Waals surface area contributed by atoms with Gasteiger partial charge in [-0.1, -0.05) is 6.07 Å². The molecule has 0 unspecified atom stereocenters. The predicted molar refractivity (Wildman–Crippen MR) is 98.8 cm³/mol. The topological polar surface area (TPSA) is 60.9 Å². The van der Waals surface area contributed by atoms with Crippen molar-refractivity contribution in [2.75, 3.05) is 32.2 Å². The summed E-state index contributed by atoms with van der Waals surface area (Å²) in [6.45, 7) is 1.45. The van der Waals surface area contributed by atoms with Crippen molar-refractivity contribution in [2.45, 2.75) is 0 Å². The quantitative estimate of drug-likeness (QED) is 0.670. The molecule has 3 aromatic rings. The number of aromatic nitrogens is 1. The number of anilines is 1. The molecule has 130 valence electrons. The van der Waals surface area contributed by atoms with E-state index in [4.69, 9.17) is 4.74 Å². The van der Waals surface area contributed by atoms with Gasteiger partial charge in [-0.3, -0.25) is 4.99 Å². The Balaban J connectivity index is 1.82. The lowest BCUT2D eigenvalue weighted by atomic mass is 10.1. The monoisotopic (exact) mass is 341 g/mol. The summed E-state index contributed by atoms with van der Waals surface area (Å²) >= 11 is 0. The number of aromatic hydroxyl groups is 1. The molecule has 0 saturated carbocycles. The summed E-state index contributed by atoms with van der Waals surface area (Å²) in [4.78, 5) is 9.18. The number of nitrogens with one attached hydrogen (secondary N) is 1. The zero-order chi connectivity index (χ0) is 17.8. The van der Waals surface area contributed by atoms with Crippen LogP contribution in [0.15, 0.2) is 47.5 Å². The summed E-state index contributed by atoms with van der Waals surface area (Å²) in [6, 6.07) is 12.3. The van der Waals surface area contributed by atoms with Gasteiger partial charge in [0.2, 0.25) is 0 Å². The molecule has 0 bridgehead atoms. The number of hydrogen-bond acceptors (Lipinski definition) is 4. The maximum atomic E-state index is 14.0. The maximum absolute atomic E-state index is 14.0. The van der Waals surface area contributed by atoms with E-state index in [1.807, 2.05) is 31.3 Å². The number of methoxy groups -OCH3 is 1. The SMILES string of the molecule is COCCN(C)c1ccc(N=Cc2c(O)[nH]c3cccc(F)c23)cc1. The Morgan fingerprint density at radius 3 is 2.72 bits per heavy atom. The number of H-pyrrole nitrogens is 1. The number of aromatic amines is 1. The molecule has 0 fully saturated rings. The Morgan fingerprint density at radius 2 is 2.00 bits per heavy atom. The van der Waals surface area contributed by atoms with Crippen molar-refractivity contribution >= 4 is 28.5 Å². The van der Waals surface area contributed by atoms with Crippen LogP contribution in [0.3, 0.4) is 0 Å². The van der Waals surface area contributed by atoms with E-state index in [9.17, 15) is 9.50 Å². The fourth-order valence-electron chi connectivity index (χ4n) is 2.63. The molecule has 5 nitrogen and oxygen atoms in total. The lowest BCUT2D eigenvalue weighted by molar-refractivity contribution is 0.206. The molecule has 2 N–H and O–H groups in total. The van der Waals surface area contributed by atoms with Gasteiger partial charge in [0.25, 0.3) is 0 Å². The Bertz CT molecular complexity index is 888. The average molecular weight is 341 g/mol. The van der Waals surface area contributed by atoms with Gasteiger partial charge >= 0.3 is 0 Å². The molecular weight excluding hydrogens is 321 g/mol. The van der Waals surface area contributed by atoms with Crippen LogP contribution in [-0.2, 0) is 4.74 Å². The van der Waals surface area contributed by atoms with Gasteiger partial charge in [-0.25, -0.2) is 4.39 Å². The van der Waals surface area contributed by atoms with Gasteiger partial charge < -0.3 is 19.7 Å². The molecule has 1 aromatic heterocycles. The number of fused-ring (bicyclic) bond motifs is 1. The Kier molecular flexibility index (Phi) is 5.00. The second kappa shape index (κ2) is 7.36. The van der Waals surface area contributed by atoms with E-state index >= 15 is 0 Å². The number of rotatable bonds is 6. The highest BCUT2D eigenvalue weighted by atomic mass is 19.1. The standard InChI is InChI=1S/C19H20FN3O2/c1-23(10-11-25-2)14-8-6-13(7-9-14)21-12-15-18-16(20)4-3-5-17(18)22-19(15)24/h3-9,12,22,24H,10-11H2,1-2H3. The number of halogens is 1. The molecule has 0 atom stereocenters. The molecule has 3 rings (SSSR count). The van der Waals surface area contributed by atoms with E-state index in [1.54, 1.807) is 19.2 Å². The van der Waals surface area contributed by atoms with E-state index in [1.165, 1.54) is 12.3 Å². The number of likely N-dealkylation sites (N-methyl/N-ethyl adjacent to an activating group) is 1. The number of aliphatic imine (C=N–C) groups is 1. The lowest BCUT2D eigenvalue weighted by Crippen LogP contribution is -2.21. The van der Waals surface area contributed by atoms with Crippen molar-refractivity contribution in [3.8, 4) is 5.88 Å². The normalized spacial score (nSPS) is 11.5. The second-order valence-electron chi connectivity index (χ2n) is 5.74. The Labute approximate surface area is 145 Å². The first-order valence-electron chi connectivity index (χ1n) is 7.93. The highest BCUT2D eigenvalue weighted by molar-refractivity contribution is 6.02. The highest BCUT2D eigenvalue weighted by Crippen LogP contribution is 2.28. The fourth-order valence-corrected chi connectivity index (χ4v) is 2.63. The molecule has 0 saturated heterocycles. The van der Waals surface area contributed by atoms with Crippen molar-refractivity contribution in [3.05, 3.63) is 53.8 Å². The summed E-state index contributed by atoms with van der Waals surface area (Å²) in [7, 11) is 3.67. The molecule has 25 heavy (non-hydrogen) atoms. The third kappa shape index (κ3) is 3.64. The van der Waals surface area contributed by atoms with Gasteiger partial charge in [-0.2, -0.15) is 0 Å². The van der Waals surface area contributed by atoms with E-state index in [2.05, 4.69) is 14.9 Å². The first-order valence-corrected chi connectivity index (χ1v) is 7.93. The molecule has 1 heterocycles. The van der Waals surface area contributed by atoms with Crippen LogP contribution >= 0.6 is 0 Å². The summed E-state index contributed by atoms with van der Waals surface area (Å²) in [5, 5.41) is 10.3. The zero-order valence-corrected chi connectivity index (χ0v) is 14.2. The fraction of sp³-hybridized carbons (Fsp3) is 0.211. The molecular formula is C19H20FN3O2. The van der Waals surface area contributed by atoms with Gasteiger partial charge in [-0.15, -0.1) is 0 Å². The first-order chi connectivity index (χ1) is 12.1. The van der Waals surface area contributed by atoms with Gasteiger partial charge in [-0.05, 0) is 36.4 Å². The zero-order valence-electron chi connectivity index (χ0n) is 14.2. The number of ether oxygens (including phenoxy) is 1. The van der Waals surface area contributed by atoms with Crippen LogP contribution in [0.1, 0.15) is 5.56 Å². The van der Waals surface area contributed by atoms with Gasteiger partial charge in [0, 0.05) is 38.0 Å². The van der Waals surface area contributed by atoms with E-state index in [0.29, 0.717) is 28.8 Å². The minimum atomic E-state index is -0.398. The van der Waals surface area contributed by atoms with Gasteiger partial charge in [0.1, 0.15) is 5.82 Å². The third-order valence-corrected chi connectivity index (χ3v) is 4.06. The van der Waals surface area contributed by atoms with Crippen LogP contribution in [0.2, 0.25) is 0 Å². The second-order valence-corrected chi connectivity index (χ2v) is 5.74. The first kappa shape index (κ1) is 17.0. The number of benzene rings is 2. The molecule has 6 heteroatoms. The molecule has 0 aliphatic heterocycles. The molecule has 0 aliphatic rings. The largest absolute Gasteiger partial charge is 0.494 e. The summed E-state index contributed by atoms with van der Waals surface area (Å²) in [5.74, 6) is -0.495. The molecule has 0 spiro atoms. The van der Waals surface area contributed by atoms with Crippen molar-refractivity contribution < 1.29 is 14.2 Å². The Morgan fingerprint density at radius 1 is 1.24 bits per heavy atom. The van der Waals surface area contributed by atoms with E-state index < -0.39 is 5.82 Å². The minimum Gasteiger partial charge on any atom is -0.494 e. The van der Waals surface area contributed by atoms with Crippen LogP contribution in [-0.4, -0.2) is 43.6 Å². The molecule has 0 amide bonds. The van der Waals surface area contributed by atoms with Gasteiger partial charge in [0.15, 0.2) is 5.88 Å². The molecule has 0 aliphatic carbocycles. The van der Waals surface area contributed by atoms with Crippen molar-refractivity contribution in [3.63, 3.8) is 0 Å². The van der Waals surface area contributed by atoms with Crippen LogP contribution in [0.5, 0.6) is 5.88 Å². The minimum absolute atomic E-state index is 0.0974. The number of nitrogens with zero attached hydrogens (tertiary/aromatic N) is 2. The van der Waals surface area contributed by atoms with Gasteiger partial charge in [0.05, 0.1) is 23.4 Å². The maximum Gasteiger partial charge on any atom is 0.198 e. The highest BCUT2D eigenvalue weighted by Gasteiger charge is 2.12. The van der Waals surface area contributed by atoms with Crippen LogP contribution in [0, 0.1) is 5.82 Å². The third-order valence-electron chi connectivity index (χ3n) is 4.06. The van der Waals surface area contributed by atoms with E-state index in [0.717, 1.165) is 12.2 Å². The average Bonchev–Trinajstić information content (AvgIpc) is 2.95.